The molecule has 0 aliphatic carbocycles. The minimum Gasteiger partial charge on any atom is -0.460 e. The molecule has 2 aromatic rings. The summed E-state index contributed by atoms with van der Waals surface area (Å²) in [4.78, 5) is 16.4. The molecule has 0 aliphatic heterocycles. The van der Waals surface area contributed by atoms with Crippen molar-refractivity contribution in [2.24, 2.45) is 5.73 Å². The molecule has 25 heavy (non-hydrogen) atoms. The van der Waals surface area contributed by atoms with Crippen molar-refractivity contribution in [1.29, 1.82) is 0 Å². The van der Waals surface area contributed by atoms with Crippen LogP contribution in [0.1, 0.15) is 29.5 Å². The van der Waals surface area contributed by atoms with Crippen LogP contribution >= 0.6 is 0 Å². The van der Waals surface area contributed by atoms with E-state index in [1.165, 1.54) is 0 Å². The molecule has 0 spiro atoms. The fourth-order valence-electron chi connectivity index (χ4n) is 2.57. The van der Waals surface area contributed by atoms with E-state index in [2.05, 4.69) is 4.98 Å². The summed E-state index contributed by atoms with van der Waals surface area (Å²) in [5.41, 5.74) is 8.51. The molecule has 7 nitrogen and oxygen atoms in total. The Balaban J connectivity index is 2.20. The van der Waals surface area contributed by atoms with E-state index < -0.39 is 5.97 Å². The second-order valence-electron chi connectivity index (χ2n) is 5.76. The fourth-order valence-corrected chi connectivity index (χ4v) is 2.57. The third kappa shape index (κ3) is 5.12. The molecule has 0 amide bonds. The summed E-state index contributed by atoms with van der Waals surface area (Å²) in [5.74, 6) is -0.325. The quantitative estimate of drug-likeness (QED) is 0.583. The third-order valence-corrected chi connectivity index (χ3v) is 3.82. The summed E-state index contributed by atoms with van der Waals surface area (Å²) in [6.45, 7) is 2.26. The lowest BCUT2D eigenvalue weighted by Gasteiger charge is -2.09. The van der Waals surface area contributed by atoms with E-state index in [9.17, 15) is 4.79 Å². The van der Waals surface area contributed by atoms with Gasteiger partial charge in [-0.1, -0.05) is 24.3 Å². The maximum absolute atomic E-state index is 12.0. The number of aliphatic hydroxyl groups excluding tert-OH is 2. The molecule has 1 aromatic heterocycles. The van der Waals surface area contributed by atoms with Gasteiger partial charge in [-0.15, -0.1) is 0 Å². The van der Waals surface area contributed by atoms with Crippen LogP contribution in [0.25, 0.3) is 11.3 Å². The SMILES string of the molecule is CCOC(=O)c1nc(-c2ccc(C[C@H](N)CCO)cc2)cn1CCO. The fraction of sp³-hybridized carbons (Fsp3) is 0.444. The van der Waals surface area contributed by atoms with Gasteiger partial charge in [-0.3, -0.25) is 0 Å². The molecule has 1 aromatic carbocycles. The molecule has 136 valence electrons. The smallest absolute Gasteiger partial charge is 0.374 e. The Hall–Kier alpha value is -2.22. The Bertz CT molecular complexity index is 682. The maximum atomic E-state index is 12.0. The molecule has 4 N–H and O–H groups in total. The third-order valence-electron chi connectivity index (χ3n) is 3.82. The predicted octanol–water partition coefficient (Wildman–Crippen LogP) is 0.971. The van der Waals surface area contributed by atoms with Crippen molar-refractivity contribution < 1.29 is 19.7 Å². The standard InChI is InChI=1S/C18H25N3O4/c1-2-25-18(24)17-20-16(12-21(17)8-10-23)14-5-3-13(4-6-14)11-15(19)7-9-22/h3-6,12,15,22-23H,2,7-11,19H2,1H3/t15-/m1/s1. The van der Waals surface area contributed by atoms with Crippen LogP contribution in [0.3, 0.4) is 0 Å². The van der Waals surface area contributed by atoms with E-state index in [0.29, 0.717) is 18.5 Å². The molecule has 0 radical (unpaired) electrons. The van der Waals surface area contributed by atoms with Gasteiger partial charge in [0.05, 0.1) is 18.9 Å². The first kappa shape index (κ1) is 19.1. The number of aliphatic hydroxyl groups is 2. The van der Waals surface area contributed by atoms with Crippen LogP contribution in [0.2, 0.25) is 0 Å². The Morgan fingerprint density at radius 2 is 2.00 bits per heavy atom. The summed E-state index contributed by atoms with van der Waals surface area (Å²) in [7, 11) is 0. The van der Waals surface area contributed by atoms with Crippen molar-refractivity contribution in [2.75, 3.05) is 19.8 Å². The van der Waals surface area contributed by atoms with Gasteiger partial charge in [-0.2, -0.15) is 0 Å². The molecule has 0 bridgehead atoms. The van der Waals surface area contributed by atoms with E-state index in [1.54, 1.807) is 17.7 Å². The zero-order valence-corrected chi connectivity index (χ0v) is 14.4. The number of benzene rings is 1. The van der Waals surface area contributed by atoms with Gasteiger partial charge in [-0.05, 0) is 25.3 Å². The van der Waals surface area contributed by atoms with Crippen LogP contribution in [-0.4, -0.2) is 51.6 Å². The summed E-state index contributed by atoms with van der Waals surface area (Å²) in [6, 6.07) is 7.68. The highest BCUT2D eigenvalue weighted by molar-refractivity contribution is 5.86. The minimum absolute atomic E-state index is 0.0740. The van der Waals surface area contributed by atoms with Crippen molar-refractivity contribution in [1.82, 2.24) is 9.55 Å². The Kier molecular flexibility index (Phi) is 7.12. The monoisotopic (exact) mass is 347 g/mol. The van der Waals surface area contributed by atoms with Gasteiger partial charge in [0.15, 0.2) is 0 Å². The Labute approximate surface area is 147 Å². The van der Waals surface area contributed by atoms with E-state index in [4.69, 9.17) is 20.7 Å². The van der Waals surface area contributed by atoms with Crippen LogP contribution < -0.4 is 5.73 Å². The number of nitrogens with two attached hydrogens (primary N) is 1. The number of nitrogens with zero attached hydrogens (tertiary/aromatic N) is 2. The summed E-state index contributed by atoms with van der Waals surface area (Å²) < 4.78 is 6.61. The number of rotatable bonds is 9. The molecule has 0 saturated carbocycles. The number of imidazole rings is 1. The largest absolute Gasteiger partial charge is 0.460 e. The van der Waals surface area contributed by atoms with Gasteiger partial charge in [0.2, 0.25) is 5.82 Å². The molecule has 0 aliphatic rings. The van der Waals surface area contributed by atoms with Gasteiger partial charge in [0.25, 0.3) is 0 Å². The Morgan fingerprint density at radius 3 is 2.60 bits per heavy atom. The van der Waals surface area contributed by atoms with E-state index in [0.717, 1.165) is 11.1 Å². The molecule has 7 heteroatoms. The number of hydrogen-bond donors (Lipinski definition) is 3. The number of carbonyl (C=O) groups is 1. The maximum Gasteiger partial charge on any atom is 0.374 e. The summed E-state index contributed by atoms with van der Waals surface area (Å²) >= 11 is 0. The van der Waals surface area contributed by atoms with Crippen molar-refractivity contribution in [3.8, 4) is 11.3 Å². The first-order valence-corrected chi connectivity index (χ1v) is 8.40. The molecule has 2 rings (SSSR count). The van der Waals surface area contributed by atoms with Crippen LogP contribution in [0, 0.1) is 0 Å². The molecular weight excluding hydrogens is 322 g/mol. The second kappa shape index (κ2) is 9.31. The average molecular weight is 347 g/mol. The molecule has 1 atom stereocenters. The first-order chi connectivity index (χ1) is 12.1. The summed E-state index contributed by atoms with van der Waals surface area (Å²) in [5, 5.41) is 18.1. The predicted molar refractivity (Wildman–Crippen MR) is 94.1 cm³/mol. The van der Waals surface area contributed by atoms with Gasteiger partial charge in [0.1, 0.15) is 0 Å². The van der Waals surface area contributed by atoms with Crippen molar-refractivity contribution in [3.05, 3.63) is 41.9 Å². The second-order valence-corrected chi connectivity index (χ2v) is 5.76. The number of esters is 1. The topological polar surface area (TPSA) is 111 Å². The zero-order chi connectivity index (χ0) is 18.2. The molecular formula is C18H25N3O4. The lowest BCUT2D eigenvalue weighted by molar-refractivity contribution is 0.0505. The van der Waals surface area contributed by atoms with E-state index in [-0.39, 0.29) is 38.2 Å². The lowest BCUT2D eigenvalue weighted by Crippen LogP contribution is -2.23. The van der Waals surface area contributed by atoms with Crippen LogP contribution in [-0.2, 0) is 17.7 Å². The minimum atomic E-state index is -0.506. The van der Waals surface area contributed by atoms with Gasteiger partial charge in [-0.25, -0.2) is 9.78 Å². The van der Waals surface area contributed by atoms with Gasteiger partial charge in [0, 0.05) is 31.0 Å². The van der Waals surface area contributed by atoms with Crippen LogP contribution in [0.4, 0.5) is 0 Å². The lowest BCUT2D eigenvalue weighted by atomic mass is 10.0. The van der Waals surface area contributed by atoms with Crippen molar-refractivity contribution in [2.45, 2.75) is 32.4 Å². The van der Waals surface area contributed by atoms with Crippen molar-refractivity contribution in [3.63, 3.8) is 0 Å². The highest BCUT2D eigenvalue weighted by Gasteiger charge is 2.17. The molecule has 0 fully saturated rings. The average Bonchev–Trinajstić information content (AvgIpc) is 3.00. The van der Waals surface area contributed by atoms with Crippen LogP contribution in [0.15, 0.2) is 30.5 Å². The zero-order valence-electron chi connectivity index (χ0n) is 14.4. The number of aromatic nitrogens is 2. The van der Waals surface area contributed by atoms with Gasteiger partial charge >= 0.3 is 5.97 Å². The number of ether oxygens (including phenoxy) is 1. The molecule has 0 saturated heterocycles. The molecule has 0 unspecified atom stereocenters. The van der Waals surface area contributed by atoms with Crippen molar-refractivity contribution >= 4 is 5.97 Å². The Morgan fingerprint density at radius 1 is 1.28 bits per heavy atom. The van der Waals surface area contributed by atoms with E-state index in [1.807, 2.05) is 24.3 Å². The van der Waals surface area contributed by atoms with E-state index >= 15 is 0 Å². The normalized spacial score (nSPS) is 12.2. The highest BCUT2D eigenvalue weighted by Crippen LogP contribution is 2.20. The number of carbonyl (C=O) groups excluding carboxylic acids is 1. The van der Waals surface area contributed by atoms with Gasteiger partial charge < -0.3 is 25.3 Å². The highest BCUT2D eigenvalue weighted by atomic mass is 16.5. The van der Waals surface area contributed by atoms with Crippen LogP contribution in [0.5, 0.6) is 0 Å². The molecule has 1 heterocycles. The summed E-state index contributed by atoms with van der Waals surface area (Å²) in [6.07, 6.45) is 2.99. The first-order valence-electron chi connectivity index (χ1n) is 8.40. The number of hydrogen-bond acceptors (Lipinski definition) is 6.